The van der Waals surface area contributed by atoms with E-state index in [0.29, 0.717) is 38.6 Å². The number of hydrogen-bond donors (Lipinski definition) is 2. The maximum absolute atomic E-state index is 13.0. The number of anilines is 1. The van der Waals surface area contributed by atoms with Crippen molar-refractivity contribution in [1.29, 1.82) is 0 Å². The summed E-state index contributed by atoms with van der Waals surface area (Å²) in [5.74, 6) is 0.535. The van der Waals surface area contributed by atoms with Crippen LogP contribution in [0.4, 0.5) is 5.13 Å². The zero-order chi connectivity index (χ0) is 22.7. The Morgan fingerprint density at radius 1 is 1.12 bits per heavy atom. The molecule has 4 rings (SSSR count). The summed E-state index contributed by atoms with van der Waals surface area (Å²) >= 11 is 7.12. The van der Waals surface area contributed by atoms with Crippen LogP contribution in [0.25, 0.3) is 10.6 Å². The normalized spacial score (nSPS) is 14.0. The molecule has 0 spiro atoms. The Labute approximate surface area is 193 Å². The van der Waals surface area contributed by atoms with Gasteiger partial charge in [0.1, 0.15) is 11.0 Å². The van der Waals surface area contributed by atoms with Crippen molar-refractivity contribution < 1.29 is 19.1 Å². The Bertz CT molecular complexity index is 1140. The topological polar surface area (TPSA) is 102 Å². The van der Waals surface area contributed by atoms with Gasteiger partial charge in [-0.05, 0) is 48.4 Å². The molecule has 0 bridgehead atoms. The van der Waals surface area contributed by atoms with Gasteiger partial charge in [-0.25, -0.2) is 0 Å². The molecule has 1 aliphatic rings. The molecule has 1 aromatic heterocycles. The van der Waals surface area contributed by atoms with Gasteiger partial charge in [-0.3, -0.25) is 14.9 Å². The Morgan fingerprint density at radius 2 is 1.88 bits per heavy atom. The minimum absolute atomic E-state index is 0.0903. The van der Waals surface area contributed by atoms with E-state index in [1.54, 1.807) is 24.3 Å². The van der Waals surface area contributed by atoms with Gasteiger partial charge < -0.3 is 14.8 Å². The number of nitrogens with zero attached hydrogens (tertiary/aromatic N) is 2. The Hall–Kier alpha value is -3.17. The molecule has 1 aliphatic heterocycles. The average molecular weight is 473 g/mol. The SMILES string of the molecule is CCC(C)C(NC(=O)c1ccc(Cl)cc1)C(=O)Nc1nnc(-c2ccc3c(c2)OCO3)s1. The first-order valence-corrected chi connectivity index (χ1v) is 11.2. The van der Waals surface area contributed by atoms with Crippen LogP contribution in [0.2, 0.25) is 5.02 Å². The number of hydrogen-bond acceptors (Lipinski definition) is 7. The molecule has 2 N–H and O–H groups in total. The van der Waals surface area contributed by atoms with E-state index in [9.17, 15) is 9.59 Å². The highest BCUT2D eigenvalue weighted by Gasteiger charge is 2.27. The van der Waals surface area contributed by atoms with Crippen LogP contribution in [-0.2, 0) is 4.79 Å². The second-order valence-corrected chi connectivity index (χ2v) is 8.73. The van der Waals surface area contributed by atoms with Crippen LogP contribution in [0.15, 0.2) is 42.5 Å². The van der Waals surface area contributed by atoms with Crippen molar-refractivity contribution >= 4 is 39.9 Å². The van der Waals surface area contributed by atoms with Crippen molar-refractivity contribution in [2.75, 3.05) is 12.1 Å². The summed E-state index contributed by atoms with van der Waals surface area (Å²) in [6, 6.07) is 11.2. The molecule has 2 aromatic carbocycles. The Kier molecular flexibility index (Phi) is 6.57. The summed E-state index contributed by atoms with van der Waals surface area (Å²) in [5, 5.41) is 15.4. The first kappa shape index (κ1) is 22.0. The quantitative estimate of drug-likeness (QED) is 0.529. The minimum Gasteiger partial charge on any atom is -0.454 e. The van der Waals surface area contributed by atoms with Crippen LogP contribution in [0, 0.1) is 5.92 Å². The predicted molar refractivity (Wildman–Crippen MR) is 122 cm³/mol. The van der Waals surface area contributed by atoms with Gasteiger partial charge in [0.2, 0.25) is 17.8 Å². The lowest BCUT2D eigenvalue weighted by molar-refractivity contribution is -0.119. The number of halogens is 1. The molecule has 32 heavy (non-hydrogen) atoms. The van der Waals surface area contributed by atoms with Gasteiger partial charge in [-0.1, -0.05) is 43.2 Å². The molecule has 10 heteroatoms. The molecule has 2 heterocycles. The molecule has 8 nitrogen and oxygen atoms in total. The molecule has 2 atom stereocenters. The van der Waals surface area contributed by atoms with Gasteiger partial charge in [0.15, 0.2) is 11.5 Å². The fraction of sp³-hybridized carbons (Fsp3) is 0.273. The first-order valence-electron chi connectivity index (χ1n) is 10.1. The van der Waals surface area contributed by atoms with Gasteiger partial charge in [-0.2, -0.15) is 0 Å². The largest absolute Gasteiger partial charge is 0.454 e. The minimum atomic E-state index is -0.735. The maximum atomic E-state index is 13.0. The summed E-state index contributed by atoms with van der Waals surface area (Å²) < 4.78 is 10.7. The smallest absolute Gasteiger partial charge is 0.251 e. The third kappa shape index (κ3) is 4.84. The monoisotopic (exact) mass is 472 g/mol. The third-order valence-corrected chi connectivity index (χ3v) is 6.30. The number of rotatable bonds is 7. The van der Waals surface area contributed by atoms with Crippen LogP contribution < -0.4 is 20.1 Å². The van der Waals surface area contributed by atoms with Crippen LogP contribution in [0.5, 0.6) is 11.5 Å². The van der Waals surface area contributed by atoms with Crippen LogP contribution in [0.1, 0.15) is 30.6 Å². The van der Waals surface area contributed by atoms with E-state index in [1.807, 2.05) is 32.0 Å². The number of carbonyl (C=O) groups is 2. The number of fused-ring (bicyclic) bond motifs is 1. The van der Waals surface area contributed by atoms with Crippen molar-refractivity contribution in [2.24, 2.45) is 5.92 Å². The summed E-state index contributed by atoms with van der Waals surface area (Å²) in [5.41, 5.74) is 1.23. The highest BCUT2D eigenvalue weighted by Crippen LogP contribution is 2.37. The van der Waals surface area contributed by atoms with E-state index in [0.717, 1.165) is 5.56 Å². The summed E-state index contributed by atoms with van der Waals surface area (Å²) in [4.78, 5) is 25.6. The summed E-state index contributed by atoms with van der Waals surface area (Å²) in [7, 11) is 0. The molecule has 0 fully saturated rings. The van der Waals surface area contributed by atoms with E-state index in [1.165, 1.54) is 11.3 Å². The lowest BCUT2D eigenvalue weighted by Crippen LogP contribution is -2.47. The van der Waals surface area contributed by atoms with E-state index in [-0.39, 0.29) is 24.5 Å². The molecule has 2 unspecified atom stereocenters. The average Bonchev–Trinajstić information content (AvgIpc) is 3.46. The third-order valence-electron chi connectivity index (χ3n) is 5.16. The lowest BCUT2D eigenvalue weighted by atomic mass is 9.98. The molecule has 166 valence electrons. The number of benzene rings is 2. The maximum Gasteiger partial charge on any atom is 0.251 e. The first-order chi connectivity index (χ1) is 15.4. The number of amides is 2. The van der Waals surface area contributed by atoms with Crippen molar-refractivity contribution in [2.45, 2.75) is 26.3 Å². The molecular formula is C22H21ClN4O4S. The zero-order valence-electron chi connectivity index (χ0n) is 17.4. The molecular weight excluding hydrogens is 452 g/mol. The zero-order valence-corrected chi connectivity index (χ0v) is 19.0. The number of aromatic nitrogens is 2. The van der Waals surface area contributed by atoms with Gasteiger partial charge in [-0.15, -0.1) is 10.2 Å². The highest BCUT2D eigenvalue weighted by molar-refractivity contribution is 7.18. The second-order valence-electron chi connectivity index (χ2n) is 7.31. The van der Waals surface area contributed by atoms with Crippen LogP contribution >= 0.6 is 22.9 Å². The van der Waals surface area contributed by atoms with Crippen molar-refractivity contribution in [3.63, 3.8) is 0 Å². The molecule has 2 amide bonds. The fourth-order valence-electron chi connectivity index (χ4n) is 3.13. The Morgan fingerprint density at radius 3 is 2.62 bits per heavy atom. The predicted octanol–water partition coefficient (Wildman–Crippen LogP) is 4.37. The van der Waals surface area contributed by atoms with Crippen LogP contribution in [0.3, 0.4) is 0 Å². The fourth-order valence-corrected chi connectivity index (χ4v) is 4.00. The second kappa shape index (κ2) is 9.54. The van der Waals surface area contributed by atoms with Gasteiger partial charge >= 0.3 is 0 Å². The number of nitrogens with one attached hydrogen (secondary N) is 2. The van der Waals surface area contributed by atoms with E-state index < -0.39 is 6.04 Å². The number of ether oxygens (including phenoxy) is 2. The van der Waals surface area contributed by atoms with Gasteiger partial charge in [0.25, 0.3) is 5.91 Å². The standard InChI is InChI=1S/C22H21ClN4O4S/c1-3-12(2)18(24-19(28)13-4-7-15(23)8-5-13)20(29)25-22-27-26-21(32-22)14-6-9-16-17(10-14)31-11-30-16/h4-10,12,18H,3,11H2,1-2H3,(H,24,28)(H,25,27,29). The van der Waals surface area contributed by atoms with Crippen molar-refractivity contribution in [3.05, 3.63) is 53.1 Å². The number of carbonyl (C=O) groups excluding carboxylic acids is 2. The van der Waals surface area contributed by atoms with Gasteiger partial charge in [0, 0.05) is 16.1 Å². The molecule has 0 saturated carbocycles. The Balaban J connectivity index is 1.46. The van der Waals surface area contributed by atoms with Crippen molar-refractivity contribution in [3.8, 4) is 22.1 Å². The summed E-state index contributed by atoms with van der Waals surface area (Å²) in [6.07, 6.45) is 0.706. The molecule has 0 saturated heterocycles. The molecule has 0 radical (unpaired) electrons. The van der Waals surface area contributed by atoms with E-state index >= 15 is 0 Å². The highest BCUT2D eigenvalue weighted by atomic mass is 35.5. The molecule has 3 aromatic rings. The van der Waals surface area contributed by atoms with Gasteiger partial charge in [0.05, 0.1) is 0 Å². The van der Waals surface area contributed by atoms with E-state index in [2.05, 4.69) is 20.8 Å². The van der Waals surface area contributed by atoms with Crippen LogP contribution in [-0.4, -0.2) is 34.8 Å². The molecule has 0 aliphatic carbocycles. The summed E-state index contributed by atoms with van der Waals surface area (Å²) in [6.45, 7) is 4.06. The van der Waals surface area contributed by atoms with Crippen molar-refractivity contribution in [1.82, 2.24) is 15.5 Å². The lowest BCUT2D eigenvalue weighted by Gasteiger charge is -2.23. The van der Waals surface area contributed by atoms with E-state index in [4.69, 9.17) is 21.1 Å².